The van der Waals surface area contributed by atoms with E-state index in [2.05, 4.69) is 16.7 Å². The van der Waals surface area contributed by atoms with Crippen LogP contribution >= 0.6 is 0 Å². The molecule has 3 aliphatic rings. The van der Waals surface area contributed by atoms with Crippen molar-refractivity contribution in [1.82, 2.24) is 10.6 Å². The average Bonchev–Trinajstić information content (AvgIpc) is 3.43. The molecule has 0 aromatic heterocycles. The Hall–Kier alpha value is -1.49. The predicted molar refractivity (Wildman–Crippen MR) is 88.3 cm³/mol. The van der Waals surface area contributed by atoms with Gasteiger partial charge in [-0.1, -0.05) is 12.1 Å². The molecule has 3 fully saturated rings. The fourth-order valence-corrected chi connectivity index (χ4v) is 3.61. The van der Waals surface area contributed by atoms with E-state index >= 15 is 0 Å². The maximum absolute atomic E-state index is 12.8. The van der Waals surface area contributed by atoms with Gasteiger partial charge in [-0.25, -0.2) is 8.78 Å². The van der Waals surface area contributed by atoms with Crippen molar-refractivity contribution >= 4 is 5.91 Å². The number of hydrogen-bond acceptors (Lipinski definition) is 2. The molecule has 3 aliphatic carbocycles. The normalized spacial score (nSPS) is 28.2. The van der Waals surface area contributed by atoms with E-state index in [1.807, 2.05) is 12.1 Å². The minimum Gasteiger partial charge on any atom is -0.352 e. The second-order valence-corrected chi connectivity index (χ2v) is 7.77. The predicted octanol–water partition coefficient (Wildman–Crippen LogP) is 3.32. The molecule has 4 rings (SSSR count). The van der Waals surface area contributed by atoms with Gasteiger partial charge in [-0.05, 0) is 55.3 Å². The number of rotatable bonds is 7. The number of carbonyl (C=O) groups is 1. The highest BCUT2D eigenvalue weighted by molar-refractivity contribution is 5.94. The quantitative estimate of drug-likeness (QED) is 0.803. The lowest BCUT2D eigenvalue weighted by Crippen LogP contribution is -2.42. The number of halogens is 2. The molecule has 0 heterocycles. The summed E-state index contributed by atoms with van der Waals surface area (Å²) in [4.78, 5) is 12.2. The average molecular weight is 334 g/mol. The number of amides is 1. The van der Waals surface area contributed by atoms with Crippen molar-refractivity contribution < 1.29 is 13.6 Å². The highest BCUT2D eigenvalue weighted by Gasteiger charge is 2.45. The number of hydrogen-bond donors (Lipinski definition) is 2. The Balaban J connectivity index is 1.27. The smallest absolute Gasteiger partial charge is 0.251 e. The van der Waals surface area contributed by atoms with Gasteiger partial charge in [0.2, 0.25) is 5.92 Å². The molecule has 2 atom stereocenters. The van der Waals surface area contributed by atoms with Gasteiger partial charge in [0, 0.05) is 36.9 Å². The minimum atomic E-state index is -2.52. The Morgan fingerprint density at radius 2 is 1.96 bits per heavy atom. The van der Waals surface area contributed by atoms with Crippen LogP contribution < -0.4 is 10.6 Å². The molecule has 24 heavy (non-hydrogen) atoms. The van der Waals surface area contributed by atoms with Crippen LogP contribution in [0.3, 0.4) is 0 Å². The van der Waals surface area contributed by atoms with Gasteiger partial charge >= 0.3 is 0 Å². The zero-order valence-corrected chi connectivity index (χ0v) is 13.7. The lowest BCUT2D eigenvalue weighted by atomic mass is 9.81. The van der Waals surface area contributed by atoms with Gasteiger partial charge in [0.15, 0.2) is 0 Å². The Morgan fingerprint density at radius 1 is 1.17 bits per heavy atom. The third kappa shape index (κ3) is 3.77. The fraction of sp³-hybridized carbons (Fsp3) is 0.632. The zero-order chi connectivity index (χ0) is 16.7. The van der Waals surface area contributed by atoms with E-state index < -0.39 is 5.92 Å². The highest BCUT2D eigenvalue weighted by atomic mass is 19.3. The van der Waals surface area contributed by atoms with Crippen molar-refractivity contribution in [2.75, 3.05) is 13.1 Å². The van der Waals surface area contributed by atoms with Crippen molar-refractivity contribution in [1.29, 1.82) is 0 Å². The summed E-state index contributed by atoms with van der Waals surface area (Å²) in [6.45, 7) is 1.46. The first kappa shape index (κ1) is 16.0. The topological polar surface area (TPSA) is 41.1 Å². The van der Waals surface area contributed by atoms with Crippen molar-refractivity contribution in [3.05, 3.63) is 35.4 Å². The van der Waals surface area contributed by atoms with Crippen LogP contribution in [0.1, 0.15) is 53.9 Å². The molecule has 1 aromatic carbocycles. The first-order chi connectivity index (χ1) is 11.5. The highest BCUT2D eigenvalue weighted by Crippen LogP contribution is 2.42. The third-order valence-corrected chi connectivity index (χ3v) is 5.46. The molecular formula is C19H24F2N2O. The summed E-state index contributed by atoms with van der Waals surface area (Å²) in [7, 11) is 0. The maximum Gasteiger partial charge on any atom is 0.251 e. The van der Waals surface area contributed by atoms with Crippen LogP contribution in [0.25, 0.3) is 0 Å². The van der Waals surface area contributed by atoms with Gasteiger partial charge in [-0.3, -0.25) is 4.79 Å². The summed E-state index contributed by atoms with van der Waals surface area (Å²) in [6.07, 6.45) is 3.63. The Labute approximate surface area is 141 Å². The number of benzene rings is 1. The maximum atomic E-state index is 12.8. The van der Waals surface area contributed by atoms with Crippen LogP contribution in [0.2, 0.25) is 0 Å². The molecule has 3 nitrogen and oxygen atoms in total. The van der Waals surface area contributed by atoms with Gasteiger partial charge in [0.25, 0.3) is 5.91 Å². The summed E-state index contributed by atoms with van der Waals surface area (Å²) < 4.78 is 25.6. The van der Waals surface area contributed by atoms with Gasteiger partial charge in [0.05, 0.1) is 0 Å². The van der Waals surface area contributed by atoms with Gasteiger partial charge in [-0.2, -0.15) is 0 Å². The lowest BCUT2D eigenvalue weighted by molar-refractivity contribution is -0.108. The van der Waals surface area contributed by atoms with Crippen LogP contribution in [0.4, 0.5) is 8.78 Å². The van der Waals surface area contributed by atoms with Gasteiger partial charge < -0.3 is 10.6 Å². The standard InChI is InChI=1S/C19H24F2N2O/c20-19(21)8-13(9-19)11-23-18(24)15-3-1-2-14(6-15)16-7-17(16)22-10-12-4-5-12/h1-3,6,12-13,16-17,22H,4-5,7-11H2,(H,23,24). The van der Waals surface area contributed by atoms with Crippen molar-refractivity contribution in [3.8, 4) is 0 Å². The molecule has 2 unspecified atom stereocenters. The number of nitrogens with one attached hydrogen (secondary N) is 2. The second kappa shape index (κ2) is 6.10. The fourth-order valence-electron chi connectivity index (χ4n) is 3.61. The van der Waals surface area contributed by atoms with Crippen LogP contribution in [0.5, 0.6) is 0 Å². The summed E-state index contributed by atoms with van der Waals surface area (Å²) in [6, 6.07) is 8.28. The Kier molecular flexibility index (Phi) is 4.07. The van der Waals surface area contributed by atoms with Crippen LogP contribution in [0, 0.1) is 11.8 Å². The first-order valence-corrected chi connectivity index (χ1v) is 8.99. The zero-order valence-electron chi connectivity index (χ0n) is 13.7. The summed E-state index contributed by atoms with van der Waals surface area (Å²) >= 11 is 0. The van der Waals surface area contributed by atoms with E-state index in [0.717, 1.165) is 18.9 Å². The van der Waals surface area contributed by atoms with E-state index in [-0.39, 0.29) is 24.7 Å². The second-order valence-electron chi connectivity index (χ2n) is 7.77. The molecule has 0 aliphatic heterocycles. The van der Waals surface area contributed by atoms with E-state index in [4.69, 9.17) is 0 Å². The summed E-state index contributed by atoms with van der Waals surface area (Å²) in [5.74, 6) is -1.39. The SMILES string of the molecule is O=C(NCC1CC(F)(F)C1)c1cccc(C2CC2NCC2CC2)c1. The van der Waals surface area contributed by atoms with Crippen LogP contribution in [0.15, 0.2) is 24.3 Å². The van der Waals surface area contributed by atoms with Crippen molar-refractivity contribution in [2.45, 2.75) is 50.0 Å². The third-order valence-electron chi connectivity index (χ3n) is 5.46. The van der Waals surface area contributed by atoms with Crippen molar-refractivity contribution in [3.63, 3.8) is 0 Å². The lowest BCUT2D eigenvalue weighted by Gasteiger charge is -2.34. The molecule has 1 amide bonds. The van der Waals surface area contributed by atoms with E-state index in [0.29, 0.717) is 24.1 Å². The Morgan fingerprint density at radius 3 is 2.67 bits per heavy atom. The van der Waals surface area contributed by atoms with Crippen molar-refractivity contribution in [2.24, 2.45) is 11.8 Å². The summed E-state index contributed by atoms with van der Waals surface area (Å²) in [5, 5.41) is 6.40. The molecule has 0 saturated heterocycles. The monoisotopic (exact) mass is 334 g/mol. The Bertz CT molecular complexity index is 622. The molecule has 2 N–H and O–H groups in total. The minimum absolute atomic E-state index is 0.0911. The molecule has 0 radical (unpaired) electrons. The van der Waals surface area contributed by atoms with E-state index in [9.17, 15) is 13.6 Å². The largest absolute Gasteiger partial charge is 0.352 e. The molecule has 1 aromatic rings. The molecule has 0 bridgehead atoms. The van der Waals surface area contributed by atoms with E-state index in [1.165, 1.54) is 18.4 Å². The molecule has 130 valence electrons. The number of alkyl halides is 2. The molecular weight excluding hydrogens is 310 g/mol. The first-order valence-electron chi connectivity index (χ1n) is 8.99. The molecule has 3 saturated carbocycles. The van der Waals surface area contributed by atoms with Gasteiger partial charge in [0.1, 0.15) is 0 Å². The van der Waals surface area contributed by atoms with E-state index in [1.54, 1.807) is 6.07 Å². The summed E-state index contributed by atoms with van der Waals surface area (Å²) in [5.41, 5.74) is 1.83. The number of carbonyl (C=O) groups excluding carboxylic acids is 1. The van der Waals surface area contributed by atoms with Gasteiger partial charge in [-0.15, -0.1) is 0 Å². The molecule has 5 heteroatoms. The van der Waals surface area contributed by atoms with Crippen LogP contribution in [-0.2, 0) is 0 Å². The van der Waals surface area contributed by atoms with Crippen LogP contribution in [-0.4, -0.2) is 31.0 Å². The molecule has 0 spiro atoms.